The summed E-state index contributed by atoms with van der Waals surface area (Å²) < 4.78 is 35.2. The van der Waals surface area contributed by atoms with Gasteiger partial charge in [0.25, 0.3) is 0 Å². The highest BCUT2D eigenvalue weighted by Gasteiger charge is 2.34. The Balaban J connectivity index is 2.14. The van der Waals surface area contributed by atoms with Crippen molar-refractivity contribution in [3.8, 4) is 5.75 Å². The van der Waals surface area contributed by atoms with Crippen molar-refractivity contribution < 1.29 is 18.3 Å². The largest absolute Gasteiger partial charge is 0.435 e. The lowest BCUT2D eigenvalue weighted by Gasteiger charge is -2.41. The third-order valence-corrected chi connectivity index (χ3v) is 3.91. The minimum absolute atomic E-state index is 0.134. The summed E-state index contributed by atoms with van der Waals surface area (Å²) in [7, 11) is 0. The first-order valence-electron chi connectivity index (χ1n) is 7.02. The first-order valence-corrected chi connectivity index (χ1v) is 7.02. The number of benzene rings is 1. The van der Waals surface area contributed by atoms with Crippen LogP contribution < -0.4 is 10.1 Å². The fraction of sp³-hybridized carbons (Fsp3) is 0.600. The normalized spacial score (nSPS) is 21.9. The van der Waals surface area contributed by atoms with Gasteiger partial charge in [-0.05, 0) is 30.5 Å². The second kappa shape index (κ2) is 6.50. The van der Waals surface area contributed by atoms with Crippen molar-refractivity contribution in [1.82, 2.24) is 5.32 Å². The Morgan fingerprint density at radius 2 is 2.15 bits per heavy atom. The molecule has 0 aliphatic carbocycles. The molecule has 1 atom stereocenters. The first kappa shape index (κ1) is 15.2. The number of rotatable bonds is 5. The molecule has 112 valence electrons. The highest BCUT2D eigenvalue weighted by atomic mass is 19.3. The molecule has 20 heavy (non-hydrogen) atoms. The number of halogens is 2. The minimum atomic E-state index is -2.80. The third kappa shape index (κ3) is 3.46. The van der Waals surface area contributed by atoms with Crippen molar-refractivity contribution >= 4 is 0 Å². The molecule has 0 spiro atoms. The van der Waals surface area contributed by atoms with Gasteiger partial charge in [-0.1, -0.05) is 26.0 Å². The van der Waals surface area contributed by atoms with E-state index in [0.29, 0.717) is 6.54 Å². The second-order valence-electron chi connectivity index (χ2n) is 5.08. The standard InChI is InChI=1S/C15H21F2NO2/c1-3-15(4-2)10-18-9-13(20-15)11-6-5-7-12(8-11)19-14(16)17/h5-8,13-14,18H,3-4,9-10H2,1-2H3. The van der Waals surface area contributed by atoms with E-state index < -0.39 is 6.61 Å². The first-order chi connectivity index (χ1) is 9.58. The smallest absolute Gasteiger partial charge is 0.387 e. The monoisotopic (exact) mass is 285 g/mol. The third-order valence-electron chi connectivity index (χ3n) is 3.91. The quantitative estimate of drug-likeness (QED) is 0.898. The molecule has 0 radical (unpaired) electrons. The van der Waals surface area contributed by atoms with Crippen LogP contribution in [0.15, 0.2) is 24.3 Å². The number of nitrogens with one attached hydrogen (secondary N) is 1. The fourth-order valence-corrected chi connectivity index (χ4v) is 2.56. The lowest BCUT2D eigenvalue weighted by Crippen LogP contribution is -2.50. The summed E-state index contributed by atoms with van der Waals surface area (Å²) in [4.78, 5) is 0. The molecule has 3 nitrogen and oxygen atoms in total. The lowest BCUT2D eigenvalue weighted by atomic mass is 9.93. The molecule has 0 aromatic heterocycles. The van der Waals surface area contributed by atoms with E-state index in [0.717, 1.165) is 24.9 Å². The van der Waals surface area contributed by atoms with Crippen LogP contribution >= 0.6 is 0 Å². The van der Waals surface area contributed by atoms with Crippen LogP contribution in [0.1, 0.15) is 38.4 Å². The molecule has 1 aromatic rings. The van der Waals surface area contributed by atoms with E-state index in [4.69, 9.17) is 4.74 Å². The highest BCUT2D eigenvalue weighted by Crippen LogP contribution is 2.33. The van der Waals surface area contributed by atoms with Crippen LogP contribution in [0.4, 0.5) is 8.78 Å². The van der Waals surface area contributed by atoms with Gasteiger partial charge < -0.3 is 14.8 Å². The van der Waals surface area contributed by atoms with E-state index in [9.17, 15) is 8.78 Å². The van der Waals surface area contributed by atoms with Crippen molar-refractivity contribution in [1.29, 1.82) is 0 Å². The molecule has 1 aliphatic rings. The second-order valence-corrected chi connectivity index (χ2v) is 5.08. The topological polar surface area (TPSA) is 30.5 Å². The van der Waals surface area contributed by atoms with Crippen LogP contribution in [0.3, 0.4) is 0 Å². The Morgan fingerprint density at radius 3 is 2.80 bits per heavy atom. The van der Waals surface area contributed by atoms with Crippen LogP contribution in [0, 0.1) is 0 Å². The molecule has 1 unspecified atom stereocenters. The summed E-state index contributed by atoms with van der Waals surface area (Å²) in [5.41, 5.74) is 0.685. The van der Waals surface area contributed by atoms with Gasteiger partial charge in [0, 0.05) is 13.1 Å². The summed E-state index contributed by atoms with van der Waals surface area (Å²) in [6, 6.07) is 6.75. The van der Waals surface area contributed by atoms with E-state index in [2.05, 4.69) is 23.9 Å². The summed E-state index contributed by atoms with van der Waals surface area (Å²) >= 11 is 0. The number of morpholine rings is 1. The van der Waals surface area contributed by atoms with Crippen LogP contribution in [0.2, 0.25) is 0 Å². The molecular formula is C15H21F2NO2. The van der Waals surface area contributed by atoms with Crippen molar-refractivity contribution in [3.63, 3.8) is 0 Å². The minimum Gasteiger partial charge on any atom is -0.435 e. The fourth-order valence-electron chi connectivity index (χ4n) is 2.56. The van der Waals surface area contributed by atoms with Gasteiger partial charge >= 0.3 is 6.61 Å². The van der Waals surface area contributed by atoms with Crippen LogP contribution in [0.25, 0.3) is 0 Å². The lowest BCUT2D eigenvalue weighted by molar-refractivity contribution is -0.122. The molecule has 2 rings (SSSR count). The summed E-state index contributed by atoms with van der Waals surface area (Å²) in [6.45, 7) is 2.90. The molecule has 0 bridgehead atoms. The maximum absolute atomic E-state index is 12.3. The molecule has 5 heteroatoms. The molecule has 1 heterocycles. The Hall–Kier alpha value is -1.20. The highest BCUT2D eigenvalue weighted by molar-refractivity contribution is 5.30. The number of hydrogen-bond donors (Lipinski definition) is 1. The van der Waals surface area contributed by atoms with E-state index in [1.165, 1.54) is 6.07 Å². The Morgan fingerprint density at radius 1 is 1.40 bits per heavy atom. The van der Waals surface area contributed by atoms with E-state index >= 15 is 0 Å². The molecule has 0 saturated carbocycles. The van der Waals surface area contributed by atoms with Crippen LogP contribution in [0.5, 0.6) is 5.75 Å². The van der Waals surface area contributed by atoms with Crippen LogP contribution in [-0.4, -0.2) is 25.3 Å². The zero-order valence-corrected chi connectivity index (χ0v) is 11.9. The average molecular weight is 285 g/mol. The molecule has 1 N–H and O–H groups in total. The van der Waals surface area contributed by atoms with Gasteiger partial charge in [-0.3, -0.25) is 0 Å². The van der Waals surface area contributed by atoms with E-state index in [1.807, 2.05) is 6.07 Å². The van der Waals surface area contributed by atoms with Crippen molar-refractivity contribution in [2.45, 2.75) is 45.0 Å². The Kier molecular flexibility index (Phi) is 4.94. The van der Waals surface area contributed by atoms with Crippen molar-refractivity contribution in [2.75, 3.05) is 13.1 Å². The van der Waals surface area contributed by atoms with Crippen molar-refractivity contribution in [3.05, 3.63) is 29.8 Å². The molecule has 1 fully saturated rings. The summed E-state index contributed by atoms with van der Waals surface area (Å²) in [5.74, 6) is 0.172. The van der Waals surface area contributed by atoms with Gasteiger partial charge in [0.2, 0.25) is 0 Å². The van der Waals surface area contributed by atoms with Crippen LogP contribution in [-0.2, 0) is 4.74 Å². The molecule has 1 aliphatic heterocycles. The van der Waals surface area contributed by atoms with E-state index in [-0.39, 0.29) is 17.5 Å². The van der Waals surface area contributed by atoms with E-state index in [1.54, 1.807) is 12.1 Å². The van der Waals surface area contributed by atoms with Gasteiger partial charge in [0.05, 0.1) is 11.7 Å². The zero-order valence-electron chi connectivity index (χ0n) is 11.9. The zero-order chi connectivity index (χ0) is 14.6. The molecule has 1 saturated heterocycles. The SMILES string of the molecule is CCC1(CC)CNCC(c2cccc(OC(F)F)c2)O1. The molecule has 0 amide bonds. The molecular weight excluding hydrogens is 264 g/mol. The predicted octanol–water partition coefficient (Wildman–Crippen LogP) is 3.51. The molecule has 1 aromatic carbocycles. The van der Waals surface area contributed by atoms with Gasteiger partial charge in [-0.25, -0.2) is 0 Å². The Bertz CT molecular complexity index is 436. The summed E-state index contributed by atoms with van der Waals surface area (Å²) in [5, 5.41) is 3.37. The average Bonchev–Trinajstić information content (AvgIpc) is 2.47. The van der Waals surface area contributed by atoms with Gasteiger partial charge in [-0.15, -0.1) is 0 Å². The number of alkyl halides is 2. The van der Waals surface area contributed by atoms with Crippen molar-refractivity contribution in [2.24, 2.45) is 0 Å². The maximum atomic E-state index is 12.3. The van der Waals surface area contributed by atoms with Gasteiger partial charge in [-0.2, -0.15) is 8.78 Å². The predicted molar refractivity (Wildman–Crippen MR) is 73.1 cm³/mol. The Labute approximate surface area is 118 Å². The number of hydrogen-bond acceptors (Lipinski definition) is 3. The summed E-state index contributed by atoms with van der Waals surface area (Å²) in [6.07, 6.45) is 1.70. The number of ether oxygens (including phenoxy) is 2. The van der Waals surface area contributed by atoms with Gasteiger partial charge in [0.15, 0.2) is 0 Å². The maximum Gasteiger partial charge on any atom is 0.387 e. The van der Waals surface area contributed by atoms with Gasteiger partial charge in [0.1, 0.15) is 5.75 Å².